The highest BCUT2D eigenvalue weighted by Gasteiger charge is 2.21. The first kappa shape index (κ1) is 23.8. The molecule has 0 amide bonds. The fourth-order valence-electron chi connectivity index (χ4n) is 4.39. The highest BCUT2D eigenvalue weighted by molar-refractivity contribution is 5.53. The molecule has 0 atom stereocenters. The molecule has 3 rings (SSSR count). The Bertz CT molecular complexity index is 944. The molecule has 0 aliphatic heterocycles. The van der Waals surface area contributed by atoms with Crippen LogP contribution in [0.2, 0.25) is 0 Å². The Hall–Kier alpha value is -2.82. The Morgan fingerprint density at radius 3 is 1.31 bits per heavy atom. The van der Waals surface area contributed by atoms with Gasteiger partial charge in [0.05, 0.1) is 13.2 Å². The minimum absolute atomic E-state index is 0.00409. The summed E-state index contributed by atoms with van der Waals surface area (Å²) < 4.78 is 11.6. The number of aliphatic hydroxyl groups is 2. The van der Waals surface area contributed by atoms with Gasteiger partial charge in [-0.3, -0.25) is 0 Å². The SMILES string of the molecule is Cc1ccc(C(c2cc(C)c(OCCO)c(C)c2)c2cc(C)c(OCCO)c(C)c2)cc1. The number of ether oxygens (including phenoxy) is 2. The summed E-state index contributed by atoms with van der Waals surface area (Å²) in [6, 6.07) is 17.4. The Labute approximate surface area is 191 Å². The number of aryl methyl sites for hydroxylation is 5. The van der Waals surface area contributed by atoms with Crippen molar-refractivity contribution in [2.24, 2.45) is 0 Å². The first-order valence-corrected chi connectivity index (χ1v) is 11.1. The van der Waals surface area contributed by atoms with Gasteiger partial charge in [-0.25, -0.2) is 0 Å². The Kier molecular flexibility index (Phi) is 7.94. The number of hydrogen-bond donors (Lipinski definition) is 2. The fourth-order valence-corrected chi connectivity index (χ4v) is 4.39. The molecule has 0 saturated heterocycles. The Morgan fingerprint density at radius 1 is 0.594 bits per heavy atom. The molecule has 0 unspecified atom stereocenters. The maximum atomic E-state index is 9.15. The van der Waals surface area contributed by atoms with Crippen LogP contribution in [0.5, 0.6) is 11.5 Å². The molecule has 0 aromatic heterocycles. The van der Waals surface area contributed by atoms with Crippen molar-refractivity contribution in [2.45, 2.75) is 40.5 Å². The molecule has 0 spiro atoms. The van der Waals surface area contributed by atoms with Gasteiger partial charge in [-0.2, -0.15) is 0 Å². The number of aliphatic hydroxyl groups excluding tert-OH is 2. The van der Waals surface area contributed by atoms with Gasteiger partial charge in [-0.1, -0.05) is 54.1 Å². The smallest absolute Gasteiger partial charge is 0.125 e. The van der Waals surface area contributed by atoms with Crippen LogP contribution in [0.25, 0.3) is 0 Å². The molecule has 4 heteroatoms. The van der Waals surface area contributed by atoms with Crippen LogP contribution >= 0.6 is 0 Å². The third-order valence-corrected chi connectivity index (χ3v) is 5.72. The Balaban J connectivity index is 2.13. The van der Waals surface area contributed by atoms with Gasteiger partial charge in [-0.05, 0) is 73.6 Å². The van der Waals surface area contributed by atoms with Crippen LogP contribution in [-0.4, -0.2) is 36.6 Å². The van der Waals surface area contributed by atoms with Gasteiger partial charge in [0.1, 0.15) is 24.7 Å². The van der Waals surface area contributed by atoms with Crippen LogP contribution in [-0.2, 0) is 0 Å². The predicted octanol–water partition coefficient (Wildman–Crippen LogP) is 5.15. The zero-order valence-electron chi connectivity index (χ0n) is 19.7. The third kappa shape index (κ3) is 5.32. The summed E-state index contributed by atoms with van der Waals surface area (Å²) in [6.07, 6.45) is 0. The number of benzene rings is 3. The zero-order chi connectivity index (χ0) is 23.3. The van der Waals surface area contributed by atoms with E-state index in [1.807, 2.05) is 0 Å². The van der Waals surface area contributed by atoms with Crippen LogP contribution in [0.3, 0.4) is 0 Å². The average molecular weight is 435 g/mol. The maximum Gasteiger partial charge on any atom is 0.125 e. The van der Waals surface area contributed by atoms with Crippen LogP contribution in [0.15, 0.2) is 48.5 Å². The van der Waals surface area contributed by atoms with E-state index < -0.39 is 0 Å². The van der Waals surface area contributed by atoms with E-state index in [9.17, 15) is 0 Å². The van der Waals surface area contributed by atoms with E-state index in [2.05, 4.69) is 83.1 Å². The van der Waals surface area contributed by atoms with Crippen molar-refractivity contribution in [3.8, 4) is 11.5 Å². The number of rotatable bonds is 9. The van der Waals surface area contributed by atoms with Gasteiger partial charge in [0.25, 0.3) is 0 Å². The number of hydrogen-bond acceptors (Lipinski definition) is 4. The zero-order valence-corrected chi connectivity index (χ0v) is 19.7. The van der Waals surface area contributed by atoms with E-state index in [1.165, 1.54) is 22.3 Å². The summed E-state index contributed by atoms with van der Waals surface area (Å²) in [5.74, 6) is 1.74. The molecule has 0 aliphatic rings. The maximum absolute atomic E-state index is 9.15. The molecule has 0 saturated carbocycles. The van der Waals surface area contributed by atoms with Gasteiger partial charge in [0, 0.05) is 5.92 Å². The summed E-state index contributed by atoms with van der Waals surface area (Å²) in [5, 5.41) is 18.3. The summed E-state index contributed by atoms with van der Waals surface area (Å²) in [4.78, 5) is 0. The van der Waals surface area contributed by atoms with Crippen molar-refractivity contribution >= 4 is 0 Å². The van der Waals surface area contributed by atoms with E-state index in [0.717, 1.165) is 33.8 Å². The highest BCUT2D eigenvalue weighted by Crippen LogP contribution is 2.38. The average Bonchev–Trinajstić information content (AvgIpc) is 2.74. The van der Waals surface area contributed by atoms with Crippen LogP contribution in [0.1, 0.15) is 50.4 Å². The molecule has 4 nitrogen and oxygen atoms in total. The monoisotopic (exact) mass is 434 g/mol. The van der Waals surface area contributed by atoms with E-state index in [0.29, 0.717) is 0 Å². The fraction of sp³-hybridized carbons (Fsp3) is 0.357. The molecule has 32 heavy (non-hydrogen) atoms. The van der Waals surface area contributed by atoms with Crippen molar-refractivity contribution in [1.29, 1.82) is 0 Å². The van der Waals surface area contributed by atoms with Gasteiger partial charge in [0.2, 0.25) is 0 Å². The summed E-state index contributed by atoms with van der Waals surface area (Å²) in [5.41, 5.74) is 9.08. The summed E-state index contributed by atoms with van der Waals surface area (Å²) in [7, 11) is 0. The Morgan fingerprint density at radius 2 is 0.969 bits per heavy atom. The van der Waals surface area contributed by atoms with Crippen molar-refractivity contribution in [1.82, 2.24) is 0 Å². The first-order valence-electron chi connectivity index (χ1n) is 11.1. The van der Waals surface area contributed by atoms with Crippen molar-refractivity contribution in [2.75, 3.05) is 26.4 Å². The summed E-state index contributed by atoms with van der Waals surface area (Å²) >= 11 is 0. The molecule has 3 aromatic rings. The van der Waals surface area contributed by atoms with Gasteiger partial charge < -0.3 is 19.7 Å². The normalized spacial score (nSPS) is 11.1. The molecular weight excluding hydrogens is 400 g/mol. The molecule has 170 valence electrons. The van der Waals surface area contributed by atoms with E-state index in [-0.39, 0.29) is 32.3 Å². The second-order valence-corrected chi connectivity index (χ2v) is 8.46. The van der Waals surface area contributed by atoms with E-state index >= 15 is 0 Å². The van der Waals surface area contributed by atoms with Crippen molar-refractivity contribution < 1.29 is 19.7 Å². The first-order chi connectivity index (χ1) is 15.3. The quantitative estimate of drug-likeness (QED) is 0.457. The minimum Gasteiger partial charge on any atom is -0.491 e. The summed E-state index contributed by atoms with van der Waals surface area (Å²) in [6.45, 7) is 10.9. The van der Waals surface area contributed by atoms with Crippen molar-refractivity contribution in [3.63, 3.8) is 0 Å². The van der Waals surface area contributed by atoms with Gasteiger partial charge >= 0.3 is 0 Å². The lowest BCUT2D eigenvalue weighted by Crippen LogP contribution is -2.09. The van der Waals surface area contributed by atoms with E-state index in [4.69, 9.17) is 19.7 Å². The molecule has 0 bridgehead atoms. The van der Waals surface area contributed by atoms with Crippen molar-refractivity contribution in [3.05, 3.63) is 93.0 Å². The third-order valence-electron chi connectivity index (χ3n) is 5.72. The predicted molar refractivity (Wildman–Crippen MR) is 129 cm³/mol. The second kappa shape index (κ2) is 10.7. The molecule has 0 aliphatic carbocycles. The standard InChI is InChI=1S/C28H34O4/c1-18-6-8-23(9-7-18)26(24-14-19(2)27(20(3)15-24)31-12-10-29)25-16-21(4)28(22(5)17-25)32-13-11-30/h6-9,14-17,26,29-30H,10-13H2,1-5H3. The molecule has 3 aromatic carbocycles. The van der Waals surface area contributed by atoms with Crippen LogP contribution < -0.4 is 9.47 Å². The van der Waals surface area contributed by atoms with E-state index in [1.54, 1.807) is 0 Å². The molecule has 2 N–H and O–H groups in total. The molecule has 0 radical (unpaired) electrons. The van der Waals surface area contributed by atoms with Crippen LogP contribution in [0.4, 0.5) is 0 Å². The lowest BCUT2D eigenvalue weighted by Gasteiger charge is -2.24. The van der Waals surface area contributed by atoms with Gasteiger partial charge in [0.15, 0.2) is 0 Å². The largest absolute Gasteiger partial charge is 0.491 e. The minimum atomic E-state index is -0.00409. The second-order valence-electron chi connectivity index (χ2n) is 8.46. The molecule has 0 fully saturated rings. The topological polar surface area (TPSA) is 58.9 Å². The molecular formula is C28H34O4. The van der Waals surface area contributed by atoms with Gasteiger partial charge in [-0.15, -0.1) is 0 Å². The van der Waals surface area contributed by atoms with Crippen LogP contribution in [0, 0.1) is 34.6 Å². The lowest BCUT2D eigenvalue weighted by molar-refractivity contribution is 0.200. The highest BCUT2D eigenvalue weighted by atomic mass is 16.5. The molecule has 0 heterocycles. The lowest BCUT2D eigenvalue weighted by atomic mass is 9.82.